The van der Waals surface area contributed by atoms with E-state index in [-0.39, 0.29) is 11.8 Å². The van der Waals surface area contributed by atoms with E-state index in [9.17, 15) is 9.18 Å². The van der Waals surface area contributed by atoms with Crippen LogP contribution < -0.4 is 0 Å². The van der Waals surface area contributed by atoms with Crippen LogP contribution in [0.25, 0.3) is 10.9 Å². The molecule has 0 spiro atoms. The first-order valence-corrected chi connectivity index (χ1v) is 14.5. The molecule has 1 aromatic heterocycles. The van der Waals surface area contributed by atoms with E-state index in [4.69, 9.17) is 4.74 Å². The number of rotatable bonds is 7. The van der Waals surface area contributed by atoms with Gasteiger partial charge in [-0.05, 0) is 117 Å². The minimum absolute atomic E-state index is 0.169. The maximum Gasteiger partial charge on any atom is 0.337 e. The number of fused-ring (bicyclic) bond motifs is 3. The van der Waals surface area contributed by atoms with Crippen LogP contribution in [-0.2, 0) is 17.7 Å². The number of halogens is 1. The highest BCUT2D eigenvalue weighted by Crippen LogP contribution is 2.43. The SMILES string of the molecule is COC(=O)c1ccc(Cn2c3c(c4cc(F)ccc42)C(C)C(CN2CCCC(CC(C)C)CC2)CC3)cc1. The van der Waals surface area contributed by atoms with Gasteiger partial charge < -0.3 is 14.2 Å². The van der Waals surface area contributed by atoms with Gasteiger partial charge in [-0.15, -0.1) is 0 Å². The van der Waals surface area contributed by atoms with Crippen molar-refractivity contribution < 1.29 is 13.9 Å². The first-order chi connectivity index (χ1) is 18.3. The molecule has 2 heterocycles. The molecule has 2 aliphatic rings. The summed E-state index contributed by atoms with van der Waals surface area (Å²) in [5.74, 6) is 2.14. The number of carbonyl (C=O) groups is 1. The maximum absolute atomic E-state index is 14.5. The Hall–Kier alpha value is -2.66. The van der Waals surface area contributed by atoms with E-state index in [1.54, 1.807) is 12.1 Å². The highest BCUT2D eigenvalue weighted by Gasteiger charge is 2.33. The molecule has 3 aromatic rings. The molecule has 0 N–H and O–H groups in total. The van der Waals surface area contributed by atoms with Gasteiger partial charge in [-0.3, -0.25) is 0 Å². The summed E-state index contributed by atoms with van der Waals surface area (Å²) in [4.78, 5) is 14.6. The van der Waals surface area contributed by atoms with E-state index >= 15 is 0 Å². The Kier molecular flexibility index (Phi) is 8.23. The number of nitrogens with zero attached hydrogens (tertiary/aromatic N) is 2. The van der Waals surface area contributed by atoms with Gasteiger partial charge in [-0.25, -0.2) is 9.18 Å². The molecule has 3 atom stereocenters. The summed E-state index contributed by atoms with van der Waals surface area (Å²) < 4.78 is 21.7. The van der Waals surface area contributed by atoms with Gasteiger partial charge in [-0.2, -0.15) is 0 Å². The normalized spacial score (nSPS) is 22.4. The molecule has 38 heavy (non-hydrogen) atoms. The molecule has 0 saturated carbocycles. The predicted octanol–water partition coefficient (Wildman–Crippen LogP) is 7.43. The minimum Gasteiger partial charge on any atom is -0.465 e. The molecule has 0 amide bonds. The third-order valence-corrected chi connectivity index (χ3v) is 9.04. The predicted molar refractivity (Wildman–Crippen MR) is 152 cm³/mol. The van der Waals surface area contributed by atoms with Crippen molar-refractivity contribution in [2.75, 3.05) is 26.7 Å². The fourth-order valence-electron chi connectivity index (χ4n) is 7.11. The van der Waals surface area contributed by atoms with Crippen molar-refractivity contribution in [1.29, 1.82) is 0 Å². The van der Waals surface area contributed by atoms with Crippen LogP contribution in [0.1, 0.15) is 86.0 Å². The van der Waals surface area contributed by atoms with Crippen molar-refractivity contribution in [2.45, 2.75) is 71.8 Å². The average molecular weight is 519 g/mol. The van der Waals surface area contributed by atoms with Crippen molar-refractivity contribution in [3.63, 3.8) is 0 Å². The summed E-state index contributed by atoms with van der Waals surface area (Å²) in [6.45, 7) is 11.3. The number of hydrogen-bond donors (Lipinski definition) is 0. The van der Waals surface area contributed by atoms with Gasteiger partial charge in [0.25, 0.3) is 0 Å². The van der Waals surface area contributed by atoms with E-state index in [1.807, 2.05) is 30.3 Å². The van der Waals surface area contributed by atoms with Gasteiger partial charge in [0.15, 0.2) is 0 Å². The lowest BCUT2D eigenvalue weighted by Gasteiger charge is -2.34. The van der Waals surface area contributed by atoms with Crippen LogP contribution in [0.5, 0.6) is 0 Å². The first-order valence-electron chi connectivity index (χ1n) is 14.5. The van der Waals surface area contributed by atoms with Crippen molar-refractivity contribution in [2.24, 2.45) is 17.8 Å². The summed E-state index contributed by atoms with van der Waals surface area (Å²) in [5.41, 5.74) is 5.47. The van der Waals surface area contributed by atoms with E-state index < -0.39 is 0 Å². The zero-order chi connectivity index (χ0) is 26.8. The average Bonchev–Trinajstić information content (AvgIpc) is 3.03. The Bertz CT molecular complexity index is 1260. The molecule has 2 aromatic carbocycles. The van der Waals surface area contributed by atoms with Crippen LogP contribution in [0, 0.1) is 23.6 Å². The van der Waals surface area contributed by atoms with Crippen molar-refractivity contribution in [3.05, 3.63) is 70.7 Å². The number of aromatic nitrogens is 1. The summed E-state index contributed by atoms with van der Waals surface area (Å²) in [5, 5.41) is 1.07. The van der Waals surface area contributed by atoms with Crippen LogP contribution >= 0.6 is 0 Å². The molecule has 4 nitrogen and oxygen atoms in total. The molecule has 5 heteroatoms. The van der Waals surface area contributed by atoms with Crippen LogP contribution in [0.2, 0.25) is 0 Å². The molecule has 1 saturated heterocycles. The number of esters is 1. The van der Waals surface area contributed by atoms with E-state index in [0.717, 1.165) is 41.3 Å². The second-order valence-corrected chi connectivity index (χ2v) is 12.1. The molecule has 0 bridgehead atoms. The Balaban J connectivity index is 1.38. The van der Waals surface area contributed by atoms with Crippen molar-refractivity contribution in [1.82, 2.24) is 9.47 Å². The zero-order valence-electron chi connectivity index (χ0n) is 23.5. The Morgan fingerprint density at radius 3 is 2.61 bits per heavy atom. The van der Waals surface area contributed by atoms with Gasteiger partial charge in [-0.1, -0.05) is 32.9 Å². The quantitative estimate of drug-likeness (QED) is 0.305. The van der Waals surface area contributed by atoms with Crippen LogP contribution in [0.4, 0.5) is 4.39 Å². The van der Waals surface area contributed by atoms with Gasteiger partial charge >= 0.3 is 5.97 Å². The molecule has 204 valence electrons. The second-order valence-electron chi connectivity index (χ2n) is 12.1. The van der Waals surface area contributed by atoms with E-state index in [1.165, 1.54) is 63.6 Å². The summed E-state index contributed by atoms with van der Waals surface area (Å²) in [6, 6.07) is 12.9. The number of ether oxygens (including phenoxy) is 1. The first kappa shape index (κ1) is 26.9. The van der Waals surface area contributed by atoms with Gasteiger partial charge in [0.2, 0.25) is 0 Å². The molecule has 5 rings (SSSR count). The van der Waals surface area contributed by atoms with Gasteiger partial charge in [0.1, 0.15) is 5.82 Å². The van der Waals surface area contributed by atoms with Crippen molar-refractivity contribution in [3.8, 4) is 0 Å². The summed E-state index contributed by atoms with van der Waals surface area (Å²) in [7, 11) is 1.40. The maximum atomic E-state index is 14.5. The third kappa shape index (κ3) is 5.68. The largest absolute Gasteiger partial charge is 0.465 e. The Labute approximate surface area is 227 Å². The van der Waals surface area contributed by atoms with Gasteiger partial charge in [0.05, 0.1) is 12.7 Å². The van der Waals surface area contributed by atoms with E-state index in [0.29, 0.717) is 23.9 Å². The minimum atomic E-state index is -0.324. The van der Waals surface area contributed by atoms with Crippen LogP contribution in [0.15, 0.2) is 42.5 Å². The lowest BCUT2D eigenvalue weighted by atomic mass is 9.77. The zero-order valence-corrected chi connectivity index (χ0v) is 23.5. The molecule has 0 radical (unpaired) electrons. The fourth-order valence-corrected chi connectivity index (χ4v) is 7.11. The molecule has 1 aliphatic carbocycles. The fraction of sp³-hybridized carbons (Fsp3) is 0.545. The second kappa shape index (κ2) is 11.6. The summed E-state index contributed by atoms with van der Waals surface area (Å²) >= 11 is 0. The summed E-state index contributed by atoms with van der Waals surface area (Å²) in [6.07, 6.45) is 7.54. The third-order valence-electron chi connectivity index (χ3n) is 9.04. The standard InChI is InChI=1S/C33H43FN2O2/c1-22(2)18-24-6-5-16-35(17-15-24)21-27-11-13-31-32(23(27)3)29-19-28(34)12-14-30(29)36(31)20-25-7-9-26(10-8-25)33(37)38-4/h7-10,12,14,19,22-24,27H,5-6,11,13,15-18,20-21H2,1-4H3. The molecule has 3 unspecified atom stereocenters. The highest BCUT2D eigenvalue weighted by molar-refractivity contribution is 5.89. The highest BCUT2D eigenvalue weighted by atomic mass is 19.1. The van der Waals surface area contributed by atoms with Gasteiger partial charge in [0, 0.05) is 29.7 Å². The van der Waals surface area contributed by atoms with Crippen LogP contribution in [-0.4, -0.2) is 42.2 Å². The van der Waals surface area contributed by atoms with Crippen LogP contribution in [0.3, 0.4) is 0 Å². The number of hydrogen-bond acceptors (Lipinski definition) is 3. The smallest absolute Gasteiger partial charge is 0.337 e. The number of benzene rings is 2. The molecule has 1 fully saturated rings. The Morgan fingerprint density at radius 1 is 1.08 bits per heavy atom. The molecular formula is C33H43FN2O2. The number of carbonyl (C=O) groups excluding carboxylic acids is 1. The molecular weight excluding hydrogens is 475 g/mol. The monoisotopic (exact) mass is 518 g/mol. The lowest BCUT2D eigenvalue weighted by molar-refractivity contribution is 0.0600. The topological polar surface area (TPSA) is 34.5 Å². The lowest BCUT2D eigenvalue weighted by Crippen LogP contribution is -2.34. The van der Waals surface area contributed by atoms with E-state index in [2.05, 4.69) is 30.2 Å². The van der Waals surface area contributed by atoms with Crippen molar-refractivity contribution >= 4 is 16.9 Å². The number of likely N-dealkylation sites (tertiary alicyclic amines) is 1. The Morgan fingerprint density at radius 2 is 1.87 bits per heavy atom. The molecule has 1 aliphatic heterocycles. The number of methoxy groups -OCH3 is 1.